The number of hydrogen-bond acceptors (Lipinski definition) is 4. The van der Waals surface area contributed by atoms with Gasteiger partial charge >= 0.3 is 0 Å². The van der Waals surface area contributed by atoms with E-state index < -0.39 is 5.79 Å². The monoisotopic (exact) mass is 201 g/mol. The van der Waals surface area contributed by atoms with Crippen molar-refractivity contribution in [3.05, 3.63) is 0 Å². The summed E-state index contributed by atoms with van der Waals surface area (Å²) >= 11 is 0. The molecule has 0 amide bonds. The molecule has 1 heterocycles. The minimum atomic E-state index is -0.517. The molecule has 1 aliphatic heterocycles. The van der Waals surface area contributed by atoms with Gasteiger partial charge in [0.05, 0.1) is 12.2 Å². The third-order valence-electron chi connectivity index (χ3n) is 3.24. The van der Waals surface area contributed by atoms with E-state index in [0.29, 0.717) is 12.5 Å². The zero-order valence-corrected chi connectivity index (χ0v) is 8.77. The molecule has 82 valence electrons. The Labute approximate surface area is 84.4 Å². The van der Waals surface area contributed by atoms with Gasteiger partial charge < -0.3 is 20.3 Å². The molecule has 0 radical (unpaired) electrons. The molecule has 1 aliphatic carbocycles. The first-order chi connectivity index (χ1) is 6.57. The lowest BCUT2D eigenvalue weighted by Crippen LogP contribution is -2.29. The predicted molar refractivity (Wildman–Crippen MR) is 51.6 cm³/mol. The minimum absolute atomic E-state index is 0.0311. The van der Waals surface area contributed by atoms with Gasteiger partial charge in [-0.05, 0) is 26.8 Å². The first-order valence-electron chi connectivity index (χ1n) is 5.24. The predicted octanol–water partition coefficient (Wildman–Crippen LogP) is 0.0936. The summed E-state index contributed by atoms with van der Waals surface area (Å²) in [5.41, 5.74) is 5.68. The molecule has 1 saturated carbocycles. The van der Waals surface area contributed by atoms with Gasteiger partial charge in [-0.2, -0.15) is 0 Å². The number of aliphatic hydroxyl groups excluding tert-OH is 1. The highest BCUT2D eigenvalue weighted by atomic mass is 16.8. The second-order valence-electron chi connectivity index (χ2n) is 4.74. The molecule has 0 bridgehead atoms. The molecule has 3 N–H and O–H groups in total. The largest absolute Gasteiger partial charge is 0.396 e. The van der Waals surface area contributed by atoms with E-state index in [0.717, 1.165) is 6.42 Å². The molecular weight excluding hydrogens is 182 g/mol. The van der Waals surface area contributed by atoms with Gasteiger partial charge in [-0.15, -0.1) is 0 Å². The van der Waals surface area contributed by atoms with Gasteiger partial charge in [-0.25, -0.2) is 0 Å². The Bertz CT molecular complexity index is 199. The van der Waals surface area contributed by atoms with E-state index in [2.05, 4.69) is 0 Å². The number of aliphatic hydroxyl groups is 1. The molecule has 2 rings (SSSR count). The molecular formula is C10H19NO3. The van der Waals surface area contributed by atoms with E-state index in [1.807, 2.05) is 13.8 Å². The van der Waals surface area contributed by atoms with Crippen LogP contribution in [0.2, 0.25) is 0 Å². The van der Waals surface area contributed by atoms with Gasteiger partial charge in [0.2, 0.25) is 0 Å². The van der Waals surface area contributed by atoms with E-state index in [-0.39, 0.29) is 24.7 Å². The van der Waals surface area contributed by atoms with E-state index in [9.17, 15) is 5.11 Å². The van der Waals surface area contributed by atoms with Crippen LogP contribution < -0.4 is 5.73 Å². The van der Waals surface area contributed by atoms with Crippen LogP contribution in [0, 0.1) is 11.8 Å². The fourth-order valence-corrected chi connectivity index (χ4v) is 2.61. The van der Waals surface area contributed by atoms with Crippen molar-refractivity contribution in [3.63, 3.8) is 0 Å². The van der Waals surface area contributed by atoms with E-state index in [4.69, 9.17) is 15.2 Å². The maximum absolute atomic E-state index is 9.22. The Balaban J connectivity index is 2.12. The lowest BCUT2D eigenvalue weighted by Gasteiger charge is -2.22. The zero-order valence-electron chi connectivity index (χ0n) is 8.77. The van der Waals surface area contributed by atoms with Crippen molar-refractivity contribution in [2.75, 3.05) is 13.2 Å². The number of ether oxygens (including phenoxy) is 2. The van der Waals surface area contributed by atoms with Gasteiger partial charge in [0.1, 0.15) is 0 Å². The average molecular weight is 201 g/mol. The van der Waals surface area contributed by atoms with Crippen LogP contribution in [-0.4, -0.2) is 36.3 Å². The molecule has 4 atom stereocenters. The highest BCUT2D eigenvalue weighted by molar-refractivity contribution is 4.98. The van der Waals surface area contributed by atoms with Crippen LogP contribution in [0.5, 0.6) is 0 Å². The molecule has 1 saturated heterocycles. The Kier molecular flexibility index (Phi) is 2.55. The van der Waals surface area contributed by atoms with Crippen molar-refractivity contribution in [3.8, 4) is 0 Å². The molecule has 4 heteroatoms. The molecule has 0 spiro atoms. The summed E-state index contributed by atoms with van der Waals surface area (Å²) in [6, 6.07) is 0. The van der Waals surface area contributed by atoms with Crippen molar-refractivity contribution < 1.29 is 14.6 Å². The number of fused-ring (bicyclic) bond motifs is 1. The van der Waals surface area contributed by atoms with Crippen molar-refractivity contribution in [2.45, 2.75) is 38.3 Å². The summed E-state index contributed by atoms with van der Waals surface area (Å²) < 4.78 is 11.6. The summed E-state index contributed by atoms with van der Waals surface area (Å²) in [6.07, 6.45) is 1.02. The van der Waals surface area contributed by atoms with Crippen LogP contribution in [-0.2, 0) is 9.47 Å². The zero-order chi connectivity index (χ0) is 10.3. The van der Waals surface area contributed by atoms with Crippen molar-refractivity contribution in [1.82, 2.24) is 0 Å². The highest BCUT2D eigenvalue weighted by Crippen LogP contribution is 2.44. The van der Waals surface area contributed by atoms with E-state index in [1.54, 1.807) is 0 Å². The molecule has 2 aliphatic rings. The number of hydrogen-bond donors (Lipinski definition) is 2. The maximum atomic E-state index is 9.22. The summed E-state index contributed by atoms with van der Waals surface area (Å²) in [6.45, 7) is 4.59. The molecule has 0 aromatic rings. The fraction of sp³-hybridized carbons (Fsp3) is 1.00. The number of nitrogens with two attached hydrogens (primary N) is 1. The molecule has 0 aromatic carbocycles. The second kappa shape index (κ2) is 3.45. The van der Waals surface area contributed by atoms with Gasteiger partial charge in [0, 0.05) is 18.4 Å². The SMILES string of the molecule is CC1(C)O[C@@H]2[C@@H](CN)C[C@@H](CO)[C@@H]2O1. The fourth-order valence-electron chi connectivity index (χ4n) is 2.61. The molecule has 0 unspecified atom stereocenters. The first kappa shape index (κ1) is 10.4. The summed E-state index contributed by atoms with van der Waals surface area (Å²) in [5, 5.41) is 9.22. The lowest BCUT2D eigenvalue weighted by molar-refractivity contribution is -0.162. The highest BCUT2D eigenvalue weighted by Gasteiger charge is 2.52. The van der Waals surface area contributed by atoms with Crippen LogP contribution in [0.15, 0.2) is 0 Å². The molecule has 4 nitrogen and oxygen atoms in total. The maximum Gasteiger partial charge on any atom is 0.163 e. The number of rotatable bonds is 2. The lowest BCUT2D eigenvalue weighted by atomic mass is 10.0. The van der Waals surface area contributed by atoms with Gasteiger partial charge in [0.15, 0.2) is 5.79 Å². The quantitative estimate of drug-likeness (QED) is 0.664. The molecule has 14 heavy (non-hydrogen) atoms. The third kappa shape index (κ3) is 1.56. The van der Waals surface area contributed by atoms with Crippen molar-refractivity contribution >= 4 is 0 Å². The summed E-state index contributed by atoms with van der Waals surface area (Å²) in [5.74, 6) is 0.00519. The Hall–Kier alpha value is -0.160. The van der Waals surface area contributed by atoms with Crippen molar-refractivity contribution in [2.24, 2.45) is 17.6 Å². The van der Waals surface area contributed by atoms with Gasteiger partial charge in [-0.1, -0.05) is 0 Å². The van der Waals surface area contributed by atoms with Gasteiger partial charge in [-0.3, -0.25) is 0 Å². The van der Waals surface area contributed by atoms with Crippen molar-refractivity contribution in [1.29, 1.82) is 0 Å². The Morgan fingerprint density at radius 1 is 1.29 bits per heavy atom. The van der Waals surface area contributed by atoms with E-state index in [1.165, 1.54) is 0 Å². The van der Waals surface area contributed by atoms with Crippen LogP contribution in [0.4, 0.5) is 0 Å². The normalized spacial score (nSPS) is 45.4. The van der Waals surface area contributed by atoms with Crippen LogP contribution >= 0.6 is 0 Å². The summed E-state index contributed by atoms with van der Waals surface area (Å²) in [4.78, 5) is 0. The van der Waals surface area contributed by atoms with Crippen LogP contribution in [0.3, 0.4) is 0 Å². The summed E-state index contributed by atoms with van der Waals surface area (Å²) in [7, 11) is 0. The Morgan fingerprint density at radius 2 is 1.86 bits per heavy atom. The Morgan fingerprint density at radius 3 is 2.36 bits per heavy atom. The first-order valence-corrected chi connectivity index (χ1v) is 5.24. The average Bonchev–Trinajstić information content (AvgIpc) is 2.57. The standard InChI is InChI=1S/C10H19NO3/c1-10(2)13-8-6(4-11)3-7(5-12)9(8)14-10/h6-9,12H,3-5,11H2,1-2H3/t6-,7+,8-,9+/m1/s1. The topological polar surface area (TPSA) is 64.7 Å². The molecule has 0 aromatic heterocycles. The van der Waals surface area contributed by atoms with Crippen LogP contribution in [0.1, 0.15) is 20.3 Å². The minimum Gasteiger partial charge on any atom is -0.396 e. The molecule has 2 fully saturated rings. The van der Waals surface area contributed by atoms with Crippen LogP contribution in [0.25, 0.3) is 0 Å². The van der Waals surface area contributed by atoms with Gasteiger partial charge in [0.25, 0.3) is 0 Å². The van der Waals surface area contributed by atoms with E-state index >= 15 is 0 Å². The second-order valence-corrected chi connectivity index (χ2v) is 4.74. The smallest absolute Gasteiger partial charge is 0.163 e. The third-order valence-corrected chi connectivity index (χ3v) is 3.24.